The fraction of sp³-hybridized carbons (Fsp3) is 0.917. The van der Waals surface area contributed by atoms with Crippen LogP contribution in [0.1, 0.15) is 26.7 Å². The maximum Gasteiger partial charge on any atom is 0.163 e. The van der Waals surface area contributed by atoms with Crippen LogP contribution in [0.4, 0.5) is 0 Å². The number of carbonyl (C=O) groups is 1. The van der Waals surface area contributed by atoms with Crippen LogP contribution in [0.3, 0.4) is 0 Å². The minimum absolute atomic E-state index is 0.124. The fourth-order valence-electron chi connectivity index (χ4n) is 3.01. The van der Waals surface area contributed by atoms with E-state index in [9.17, 15) is 9.90 Å². The van der Waals surface area contributed by atoms with Gasteiger partial charge in [0.05, 0.1) is 13.2 Å². The van der Waals surface area contributed by atoms with Gasteiger partial charge in [-0.05, 0) is 19.8 Å². The summed E-state index contributed by atoms with van der Waals surface area (Å²) in [5.74, 6) is 0.174. The Bertz CT molecular complexity index is 284. The molecule has 3 aliphatic rings. The van der Waals surface area contributed by atoms with Crippen molar-refractivity contribution >= 4 is 5.78 Å². The number of carbonyl (C=O) groups excluding carboxylic acids is 1. The van der Waals surface area contributed by atoms with E-state index in [4.69, 9.17) is 4.74 Å². The molecule has 0 saturated carbocycles. The minimum Gasteiger partial charge on any atom is -0.394 e. The maximum absolute atomic E-state index is 12.5. The van der Waals surface area contributed by atoms with Gasteiger partial charge in [0.25, 0.3) is 0 Å². The van der Waals surface area contributed by atoms with E-state index in [1.54, 1.807) is 0 Å². The Morgan fingerprint density at radius 1 is 1.44 bits per heavy atom. The van der Waals surface area contributed by atoms with Gasteiger partial charge in [-0.15, -0.1) is 0 Å². The molecule has 0 spiro atoms. The highest BCUT2D eigenvalue weighted by Crippen LogP contribution is 2.44. The van der Waals surface area contributed by atoms with Gasteiger partial charge in [-0.2, -0.15) is 0 Å². The van der Waals surface area contributed by atoms with Gasteiger partial charge >= 0.3 is 0 Å². The van der Waals surface area contributed by atoms with Crippen LogP contribution in [-0.2, 0) is 9.53 Å². The summed E-state index contributed by atoms with van der Waals surface area (Å²) in [6, 6.07) is 0. The van der Waals surface area contributed by atoms with Gasteiger partial charge in [0.1, 0.15) is 5.54 Å². The highest BCUT2D eigenvalue weighted by Gasteiger charge is 2.58. The molecule has 92 valence electrons. The molecule has 0 unspecified atom stereocenters. The fourth-order valence-corrected chi connectivity index (χ4v) is 3.01. The molecule has 3 heterocycles. The molecule has 0 aromatic heterocycles. The first-order valence-electron chi connectivity index (χ1n) is 6.08. The molecule has 1 atom stereocenters. The number of Topliss-reactive ketones (excluding diaryl/α,β-unsaturated/α-hetero) is 1. The monoisotopic (exact) mass is 227 g/mol. The number of piperidine rings is 3. The van der Waals surface area contributed by atoms with Gasteiger partial charge in [0, 0.05) is 25.1 Å². The summed E-state index contributed by atoms with van der Waals surface area (Å²) in [4.78, 5) is 14.6. The lowest BCUT2D eigenvalue weighted by Gasteiger charge is -2.56. The van der Waals surface area contributed by atoms with E-state index in [-0.39, 0.29) is 17.8 Å². The number of hydrogen-bond donors (Lipinski definition) is 1. The molecule has 1 N–H and O–H groups in total. The zero-order valence-corrected chi connectivity index (χ0v) is 10.2. The number of ether oxygens (including phenoxy) is 1. The van der Waals surface area contributed by atoms with Gasteiger partial charge in [-0.25, -0.2) is 0 Å². The highest BCUT2D eigenvalue weighted by molar-refractivity contribution is 5.95. The molecule has 4 heteroatoms. The number of rotatable bonds is 4. The molecule has 0 aliphatic carbocycles. The Balaban J connectivity index is 2.27. The van der Waals surface area contributed by atoms with Crippen molar-refractivity contribution in [3.05, 3.63) is 0 Å². The second kappa shape index (κ2) is 4.09. The Labute approximate surface area is 96.6 Å². The molecule has 0 amide bonds. The lowest BCUT2D eigenvalue weighted by molar-refractivity contribution is -0.170. The smallest absolute Gasteiger partial charge is 0.163 e. The first kappa shape index (κ1) is 12.0. The first-order chi connectivity index (χ1) is 7.59. The van der Waals surface area contributed by atoms with Crippen LogP contribution in [0, 0.1) is 5.41 Å². The largest absolute Gasteiger partial charge is 0.394 e. The van der Waals surface area contributed by atoms with Crippen molar-refractivity contribution in [2.24, 2.45) is 5.41 Å². The topological polar surface area (TPSA) is 49.8 Å². The van der Waals surface area contributed by atoms with Crippen LogP contribution in [0.5, 0.6) is 0 Å². The van der Waals surface area contributed by atoms with Gasteiger partial charge in [0.15, 0.2) is 5.78 Å². The number of fused-ring (bicyclic) bond motifs is 3. The minimum atomic E-state index is -0.763. The van der Waals surface area contributed by atoms with Crippen LogP contribution in [0.2, 0.25) is 0 Å². The predicted molar refractivity (Wildman–Crippen MR) is 60.2 cm³/mol. The SMILES string of the molecule is CCOC[C@@]1(CO)C(=O)C2(C)CCN1CC2. The molecule has 4 nitrogen and oxygen atoms in total. The number of ketones is 1. The van der Waals surface area contributed by atoms with Crippen molar-refractivity contribution < 1.29 is 14.6 Å². The molecule has 0 aromatic carbocycles. The van der Waals surface area contributed by atoms with Crippen molar-refractivity contribution in [1.82, 2.24) is 4.90 Å². The van der Waals surface area contributed by atoms with E-state index in [1.807, 2.05) is 13.8 Å². The van der Waals surface area contributed by atoms with Crippen LogP contribution < -0.4 is 0 Å². The molecule has 3 saturated heterocycles. The van der Waals surface area contributed by atoms with Crippen molar-refractivity contribution in [3.8, 4) is 0 Å². The van der Waals surface area contributed by atoms with E-state index in [0.29, 0.717) is 13.2 Å². The highest BCUT2D eigenvalue weighted by atomic mass is 16.5. The summed E-state index contributed by atoms with van der Waals surface area (Å²) in [6.45, 7) is 6.52. The molecule has 3 rings (SSSR count). The van der Waals surface area contributed by atoms with Crippen LogP contribution in [0.15, 0.2) is 0 Å². The number of nitrogens with zero attached hydrogens (tertiary/aromatic N) is 1. The third-order valence-corrected chi connectivity index (χ3v) is 4.25. The second-order valence-corrected chi connectivity index (χ2v) is 5.20. The molecular weight excluding hydrogens is 206 g/mol. The van der Waals surface area contributed by atoms with Crippen molar-refractivity contribution in [2.45, 2.75) is 32.2 Å². The Hall–Kier alpha value is -0.450. The van der Waals surface area contributed by atoms with Gasteiger partial charge in [-0.3, -0.25) is 9.69 Å². The van der Waals surface area contributed by atoms with E-state index < -0.39 is 5.54 Å². The molecule has 16 heavy (non-hydrogen) atoms. The van der Waals surface area contributed by atoms with Crippen LogP contribution >= 0.6 is 0 Å². The Morgan fingerprint density at radius 3 is 2.56 bits per heavy atom. The first-order valence-corrected chi connectivity index (χ1v) is 6.08. The van der Waals surface area contributed by atoms with Crippen LogP contribution in [0.25, 0.3) is 0 Å². The normalized spacial score (nSPS) is 42.7. The van der Waals surface area contributed by atoms with E-state index >= 15 is 0 Å². The predicted octanol–water partition coefficient (Wildman–Crippen LogP) is 0.439. The zero-order chi connectivity index (χ0) is 11.8. The number of aliphatic hydroxyl groups excluding tert-OH is 1. The van der Waals surface area contributed by atoms with Gasteiger partial charge in [-0.1, -0.05) is 6.92 Å². The third-order valence-electron chi connectivity index (χ3n) is 4.25. The molecule has 3 fully saturated rings. The summed E-state index contributed by atoms with van der Waals surface area (Å²) in [7, 11) is 0. The quantitative estimate of drug-likeness (QED) is 0.757. The molecule has 0 radical (unpaired) electrons. The Kier molecular flexibility index (Phi) is 3.07. The Morgan fingerprint density at radius 2 is 2.06 bits per heavy atom. The van der Waals surface area contributed by atoms with Crippen molar-refractivity contribution in [1.29, 1.82) is 0 Å². The number of aliphatic hydroxyl groups is 1. The average molecular weight is 227 g/mol. The van der Waals surface area contributed by atoms with Crippen molar-refractivity contribution in [3.63, 3.8) is 0 Å². The van der Waals surface area contributed by atoms with E-state index in [2.05, 4.69) is 4.90 Å². The standard InChI is InChI=1S/C12H21NO3/c1-3-16-9-12(8-14)10(15)11(2)4-6-13(12)7-5-11/h14H,3-9H2,1-2H3/t12-/m0/s1. The van der Waals surface area contributed by atoms with Gasteiger partial charge in [0.2, 0.25) is 0 Å². The molecular formula is C12H21NO3. The summed E-state index contributed by atoms with van der Waals surface area (Å²) in [5, 5.41) is 9.63. The van der Waals surface area contributed by atoms with Crippen LogP contribution in [-0.4, -0.2) is 54.2 Å². The maximum atomic E-state index is 12.5. The summed E-state index contributed by atoms with van der Waals surface area (Å²) in [6.07, 6.45) is 1.83. The van der Waals surface area contributed by atoms with Gasteiger partial charge < -0.3 is 9.84 Å². The lowest BCUT2D eigenvalue weighted by atomic mass is 9.64. The zero-order valence-electron chi connectivity index (χ0n) is 10.2. The molecule has 3 aliphatic heterocycles. The number of hydrogen-bond acceptors (Lipinski definition) is 4. The van der Waals surface area contributed by atoms with E-state index in [0.717, 1.165) is 25.9 Å². The summed E-state index contributed by atoms with van der Waals surface area (Å²) >= 11 is 0. The lowest BCUT2D eigenvalue weighted by Crippen LogP contribution is -2.72. The second-order valence-electron chi connectivity index (χ2n) is 5.20. The third kappa shape index (κ3) is 1.51. The van der Waals surface area contributed by atoms with Crippen molar-refractivity contribution in [2.75, 3.05) is 32.9 Å². The summed E-state index contributed by atoms with van der Waals surface area (Å²) < 4.78 is 5.41. The summed E-state index contributed by atoms with van der Waals surface area (Å²) in [5.41, 5.74) is -1.00. The molecule has 0 aromatic rings. The molecule has 2 bridgehead atoms. The van der Waals surface area contributed by atoms with E-state index in [1.165, 1.54) is 0 Å². The average Bonchev–Trinajstić information content (AvgIpc) is 2.31.